The topological polar surface area (TPSA) is 61.6 Å². The van der Waals surface area contributed by atoms with Gasteiger partial charge in [-0.25, -0.2) is 4.79 Å². The minimum absolute atomic E-state index is 0.132. The number of aryl methyl sites for hydroxylation is 2. The summed E-state index contributed by atoms with van der Waals surface area (Å²) in [6.07, 6.45) is -0.132. The van der Waals surface area contributed by atoms with Crippen LogP contribution in [0.5, 0.6) is 5.75 Å². The van der Waals surface area contributed by atoms with Crippen molar-refractivity contribution in [3.05, 3.63) is 46.8 Å². The lowest BCUT2D eigenvalue weighted by atomic mass is 10.2. The molecule has 1 aromatic carbocycles. The number of aromatic nitrogens is 1. The summed E-state index contributed by atoms with van der Waals surface area (Å²) >= 11 is 0. The molecule has 2 rings (SSSR count). The number of ether oxygens (including phenoxy) is 2. The van der Waals surface area contributed by atoms with E-state index in [4.69, 9.17) is 14.0 Å². The van der Waals surface area contributed by atoms with Gasteiger partial charge in [0.05, 0.1) is 22.9 Å². The monoisotopic (exact) mass is 289 g/mol. The molecule has 0 saturated carbocycles. The quantitative estimate of drug-likeness (QED) is 0.789. The smallest absolute Gasteiger partial charge is 0.338 e. The molecule has 0 bridgehead atoms. The fourth-order valence-corrected chi connectivity index (χ4v) is 1.83. The van der Waals surface area contributed by atoms with Crippen LogP contribution in [0.1, 0.15) is 41.2 Å². The van der Waals surface area contributed by atoms with Crippen LogP contribution in [0.3, 0.4) is 0 Å². The molecule has 21 heavy (non-hydrogen) atoms. The van der Waals surface area contributed by atoms with Gasteiger partial charge < -0.3 is 14.0 Å². The Morgan fingerprint density at radius 2 is 1.90 bits per heavy atom. The highest BCUT2D eigenvalue weighted by molar-refractivity contribution is 5.89. The molecule has 0 radical (unpaired) electrons. The summed E-state index contributed by atoms with van der Waals surface area (Å²) in [5.74, 6) is 1.10. The van der Waals surface area contributed by atoms with Crippen LogP contribution in [-0.2, 0) is 11.3 Å². The molecule has 0 saturated heterocycles. The van der Waals surface area contributed by atoms with Crippen LogP contribution in [0.25, 0.3) is 0 Å². The second-order valence-corrected chi connectivity index (χ2v) is 5.07. The van der Waals surface area contributed by atoms with Crippen molar-refractivity contribution in [1.29, 1.82) is 0 Å². The highest BCUT2D eigenvalue weighted by atomic mass is 16.5. The van der Waals surface area contributed by atoms with Crippen molar-refractivity contribution in [2.24, 2.45) is 0 Å². The Bertz CT molecular complexity index is 594. The minimum atomic E-state index is -0.331. The van der Waals surface area contributed by atoms with Gasteiger partial charge in [0.25, 0.3) is 0 Å². The van der Waals surface area contributed by atoms with Crippen LogP contribution in [0, 0.1) is 13.8 Å². The van der Waals surface area contributed by atoms with Crippen molar-refractivity contribution >= 4 is 5.97 Å². The third-order valence-electron chi connectivity index (χ3n) is 3.00. The summed E-state index contributed by atoms with van der Waals surface area (Å²) < 4.78 is 15.9. The summed E-state index contributed by atoms with van der Waals surface area (Å²) in [6, 6.07) is 6.87. The first kappa shape index (κ1) is 15.1. The van der Waals surface area contributed by atoms with Crippen molar-refractivity contribution in [3.8, 4) is 5.75 Å². The van der Waals surface area contributed by atoms with E-state index in [0.717, 1.165) is 17.0 Å². The number of nitrogens with zero attached hydrogens (tertiary/aromatic N) is 1. The van der Waals surface area contributed by atoms with E-state index in [1.165, 1.54) is 0 Å². The normalized spacial score (nSPS) is 10.7. The van der Waals surface area contributed by atoms with Crippen LogP contribution in [-0.4, -0.2) is 17.2 Å². The maximum atomic E-state index is 11.7. The first-order valence-corrected chi connectivity index (χ1v) is 6.83. The van der Waals surface area contributed by atoms with Crippen LogP contribution >= 0.6 is 0 Å². The molecule has 0 N–H and O–H groups in total. The second kappa shape index (κ2) is 6.43. The summed E-state index contributed by atoms with van der Waals surface area (Å²) in [5.41, 5.74) is 2.27. The lowest BCUT2D eigenvalue weighted by Gasteiger charge is -2.09. The molecule has 5 nitrogen and oxygen atoms in total. The molecule has 0 amide bonds. The largest absolute Gasteiger partial charge is 0.489 e. The Morgan fingerprint density at radius 1 is 1.24 bits per heavy atom. The molecule has 5 heteroatoms. The lowest BCUT2D eigenvalue weighted by molar-refractivity contribution is 0.0378. The zero-order valence-corrected chi connectivity index (χ0v) is 12.7. The summed E-state index contributed by atoms with van der Waals surface area (Å²) in [5, 5.41) is 3.88. The average Bonchev–Trinajstić information content (AvgIpc) is 2.75. The van der Waals surface area contributed by atoms with Gasteiger partial charge >= 0.3 is 5.97 Å². The predicted molar refractivity (Wildman–Crippen MR) is 77.3 cm³/mol. The summed E-state index contributed by atoms with van der Waals surface area (Å²) in [7, 11) is 0. The van der Waals surface area contributed by atoms with Crippen molar-refractivity contribution in [3.63, 3.8) is 0 Å². The Hall–Kier alpha value is -2.30. The van der Waals surface area contributed by atoms with Gasteiger partial charge in [0.15, 0.2) is 0 Å². The standard InChI is InChI=1S/C16H19NO4/c1-10(2)20-16(18)13-5-7-14(8-6-13)19-9-15-11(3)17-21-12(15)4/h5-8,10H,9H2,1-4H3. The fourth-order valence-electron chi connectivity index (χ4n) is 1.83. The molecule has 0 spiro atoms. The van der Waals surface area contributed by atoms with Gasteiger partial charge in [-0.05, 0) is 52.0 Å². The van der Waals surface area contributed by atoms with Crippen molar-refractivity contribution in [2.75, 3.05) is 0 Å². The number of rotatable bonds is 5. The van der Waals surface area contributed by atoms with E-state index in [1.807, 2.05) is 27.7 Å². The first-order chi connectivity index (χ1) is 9.97. The molecule has 0 aliphatic carbocycles. The van der Waals surface area contributed by atoms with Gasteiger partial charge in [-0.3, -0.25) is 0 Å². The molecule has 0 fully saturated rings. The third kappa shape index (κ3) is 3.84. The van der Waals surface area contributed by atoms with E-state index in [-0.39, 0.29) is 12.1 Å². The number of carbonyl (C=O) groups excluding carboxylic acids is 1. The maximum absolute atomic E-state index is 11.7. The molecule has 1 aromatic heterocycles. The number of carbonyl (C=O) groups is 1. The molecule has 0 aliphatic rings. The molecule has 2 aromatic rings. The van der Waals surface area contributed by atoms with Crippen molar-refractivity contribution in [1.82, 2.24) is 5.16 Å². The van der Waals surface area contributed by atoms with E-state index in [1.54, 1.807) is 24.3 Å². The molecule has 1 heterocycles. The molecular weight excluding hydrogens is 270 g/mol. The zero-order chi connectivity index (χ0) is 15.4. The van der Waals surface area contributed by atoms with E-state index in [0.29, 0.717) is 17.9 Å². The molecular formula is C16H19NO4. The number of hydrogen-bond acceptors (Lipinski definition) is 5. The van der Waals surface area contributed by atoms with Gasteiger partial charge in [0.1, 0.15) is 18.1 Å². The van der Waals surface area contributed by atoms with E-state index >= 15 is 0 Å². The fraction of sp³-hybridized carbons (Fsp3) is 0.375. The van der Waals surface area contributed by atoms with E-state index in [9.17, 15) is 4.79 Å². The van der Waals surface area contributed by atoms with Gasteiger partial charge in [-0.15, -0.1) is 0 Å². The van der Waals surface area contributed by atoms with Crippen molar-refractivity contribution < 1.29 is 18.8 Å². The maximum Gasteiger partial charge on any atom is 0.338 e. The lowest BCUT2D eigenvalue weighted by Crippen LogP contribution is -2.11. The highest BCUT2D eigenvalue weighted by Crippen LogP contribution is 2.18. The molecule has 0 atom stereocenters. The Balaban J connectivity index is 1.98. The SMILES string of the molecule is Cc1noc(C)c1COc1ccc(C(=O)OC(C)C)cc1. The second-order valence-electron chi connectivity index (χ2n) is 5.07. The van der Waals surface area contributed by atoms with Gasteiger partial charge in [-0.1, -0.05) is 5.16 Å². The summed E-state index contributed by atoms with van der Waals surface area (Å²) in [6.45, 7) is 7.75. The van der Waals surface area contributed by atoms with E-state index in [2.05, 4.69) is 5.16 Å². The van der Waals surface area contributed by atoms with Crippen LogP contribution in [0.2, 0.25) is 0 Å². The minimum Gasteiger partial charge on any atom is -0.489 e. The van der Waals surface area contributed by atoms with Crippen LogP contribution < -0.4 is 4.74 Å². The Labute approximate surface area is 123 Å². The van der Waals surface area contributed by atoms with Gasteiger partial charge in [0.2, 0.25) is 0 Å². The summed E-state index contributed by atoms with van der Waals surface area (Å²) in [4.78, 5) is 11.7. The Morgan fingerprint density at radius 3 is 2.43 bits per heavy atom. The highest BCUT2D eigenvalue weighted by Gasteiger charge is 2.11. The predicted octanol–water partition coefficient (Wildman–Crippen LogP) is 3.44. The average molecular weight is 289 g/mol. The first-order valence-electron chi connectivity index (χ1n) is 6.83. The molecule has 112 valence electrons. The van der Waals surface area contributed by atoms with E-state index < -0.39 is 0 Å². The molecule has 0 unspecified atom stereocenters. The number of benzene rings is 1. The molecule has 0 aliphatic heterocycles. The van der Waals surface area contributed by atoms with Crippen molar-refractivity contribution in [2.45, 2.75) is 40.4 Å². The van der Waals surface area contributed by atoms with Crippen LogP contribution in [0.15, 0.2) is 28.8 Å². The third-order valence-corrected chi connectivity index (χ3v) is 3.00. The number of hydrogen-bond donors (Lipinski definition) is 0. The van der Waals surface area contributed by atoms with Gasteiger partial charge in [-0.2, -0.15) is 0 Å². The van der Waals surface area contributed by atoms with Crippen LogP contribution in [0.4, 0.5) is 0 Å². The van der Waals surface area contributed by atoms with Gasteiger partial charge in [0, 0.05) is 0 Å². The number of esters is 1. The zero-order valence-electron chi connectivity index (χ0n) is 12.7. The Kier molecular flexibility index (Phi) is 4.62.